The molecule has 7 rings (SSSR count). The molecule has 4 aromatic rings. The van der Waals surface area contributed by atoms with Gasteiger partial charge in [-0.3, -0.25) is 25.0 Å². The molecule has 4 N–H and O–H groups in total. The number of piperidine rings is 1. The summed E-state index contributed by atoms with van der Waals surface area (Å²) < 4.78 is 0. The second kappa shape index (κ2) is 11.8. The molecule has 14 nitrogen and oxygen atoms in total. The number of hydrogen-bond donors (Lipinski definition) is 3. The highest BCUT2D eigenvalue weighted by Gasteiger charge is 2.28. The van der Waals surface area contributed by atoms with Crippen molar-refractivity contribution in [2.75, 3.05) is 60.5 Å². The van der Waals surface area contributed by atoms with Gasteiger partial charge in [-0.25, -0.2) is 14.8 Å². The van der Waals surface area contributed by atoms with Crippen molar-refractivity contribution in [1.29, 1.82) is 0 Å². The first-order valence-corrected chi connectivity index (χ1v) is 15.6. The van der Waals surface area contributed by atoms with Crippen LogP contribution in [-0.4, -0.2) is 98.6 Å². The van der Waals surface area contributed by atoms with E-state index < -0.39 is 6.03 Å². The van der Waals surface area contributed by atoms with Gasteiger partial charge in [-0.05, 0) is 38.0 Å². The minimum absolute atomic E-state index is 0.135. The first kappa shape index (κ1) is 29.3. The van der Waals surface area contributed by atoms with Crippen molar-refractivity contribution in [2.24, 2.45) is 5.73 Å². The van der Waals surface area contributed by atoms with Crippen LogP contribution in [0.3, 0.4) is 0 Å². The van der Waals surface area contributed by atoms with Crippen molar-refractivity contribution < 1.29 is 9.59 Å². The van der Waals surface area contributed by atoms with Crippen molar-refractivity contribution in [1.82, 2.24) is 40.6 Å². The van der Waals surface area contributed by atoms with Crippen molar-refractivity contribution in [3.8, 4) is 11.3 Å². The first-order chi connectivity index (χ1) is 21.7. The number of halogens is 1. The van der Waals surface area contributed by atoms with Gasteiger partial charge in [-0.1, -0.05) is 23.7 Å². The van der Waals surface area contributed by atoms with Crippen LogP contribution in [0.15, 0.2) is 36.5 Å². The molecule has 0 radical (unpaired) electrons. The lowest BCUT2D eigenvalue weighted by Gasteiger charge is -2.37. The van der Waals surface area contributed by atoms with Gasteiger partial charge in [0.25, 0.3) is 0 Å². The van der Waals surface area contributed by atoms with E-state index >= 15 is 0 Å². The number of imide groups is 1. The summed E-state index contributed by atoms with van der Waals surface area (Å²) in [6.45, 7) is 7.94. The number of carbonyl (C=O) groups is 2. The molecule has 3 aromatic heterocycles. The highest BCUT2D eigenvalue weighted by atomic mass is 35.5. The third kappa shape index (κ3) is 6.00. The van der Waals surface area contributed by atoms with Crippen LogP contribution in [0.5, 0.6) is 0 Å². The van der Waals surface area contributed by atoms with Crippen molar-refractivity contribution in [2.45, 2.75) is 38.3 Å². The number of nitrogens with zero attached hydrogens (tertiary/aromatic N) is 9. The lowest BCUT2D eigenvalue weighted by Crippen LogP contribution is -2.50. The predicted molar refractivity (Wildman–Crippen MR) is 171 cm³/mol. The average molecular weight is 631 g/mol. The fourth-order valence-electron chi connectivity index (χ4n) is 6.07. The molecule has 3 aliphatic heterocycles. The first-order valence-electron chi connectivity index (χ1n) is 15.2. The third-order valence-corrected chi connectivity index (χ3v) is 9.25. The van der Waals surface area contributed by atoms with Gasteiger partial charge in [0, 0.05) is 69.9 Å². The zero-order valence-corrected chi connectivity index (χ0v) is 25.8. The summed E-state index contributed by atoms with van der Waals surface area (Å²) >= 11 is 7.03. The molecular formula is C30H35ClN12O2. The van der Waals surface area contributed by atoms with Crippen LogP contribution < -0.4 is 25.8 Å². The van der Waals surface area contributed by atoms with Crippen molar-refractivity contribution >= 4 is 52.0 Å². The van der Waals surface area contributed by atoms with Gasteiger partial charge in [-0.15, -0.1) is 5.10 Å². The van der Waals surface area contributed by atoms with Gasteiger partial charge < -0.3 is 15.5 Å². The third-order valence-electron chi connectivity index (χ3n) is 8.86. The van der Waals surface area contributed by atoms with Gasteiger partial charge in [0.1, 0.15) is 17.0 Å². The topological polar surface area (TPSA) is 165 Å². The monoisotopic (exact) mass is 630 g/mol. The maximum Gasteiger partial charge on any atom is 0.329 e. The highest BCUT2D eigenvalue weighted by Crippen LogP contribution is 2.38. The number of carbonyl (C=O) groups excluding carboxylic acids is 2. The molecule has 1 aromatic carbocycles. The number of benzene rings is 1. The summed E-state index contributed by atoms with van der Waals surface area (Å²) in [6.07, 6.45) is 3.86. The number of aromatic nitrogens is 6. The SMILES string of the molecule is CC1(N)CCN(c2cnc3c(-c4cccc(N5CCN(Cc6ccc(N7CCC(=O)NC7=O)nn6)CC5)c4Cl)n[nH]c3n2)CC1. The molecule has 3 aliphatic rings. The van der Waals surface area contributed by atoms with Gasteiger partial charge >= 0.3 is 6.03 Å². The lowest BCUT2D eigenvalue weighted by molar-refractivity contribution is -0.120. The minimum Gasteiger partial charge on any atom is -0.368 e. The minimum atomic E-state index is -0.469. The number of fused-ring (bicyclic) bond motifs is 1. The number of nitrogens with one attached hydrogen (secondary N) is 2. The average Bonchev–Trinajstić information content (AvgIpc) is 3.45. The molecule has 0 spiro atoms. The molecule has 15 heteroatoms. The Balaban J connectivity index is 0.998. The largest absolute Gasteiger partial charge is 0.368 e. The summed E-state index contributed by atoms with van der Waals surface area (Å²) in [5, 5.41) is 19.1. The van der Waals surface area contributed by atoms with Gasteiger partial charge in [-0.2, -0.15) is 10.2 Å². The standard InChI is InChI=1S/C30H35ClN12O2/c1-30(32)8-11-42(12-9-30)23-17-33-27-26(38-39-28(27)34-23)20-3-2-4-21(25(20)31)41-15-13-40(14-16-41)18-19-5-6-22(37-36-19)43-10-7-24(44)35-29(43)45/h2-6,17H,7-16,18,32H2,1H3,(H,34,38,39)(H,35,44,45). The lowest BCUT2D eigenvalue weighted by atomic mass is 9.91. The number of amides is 3. The Morgan fingerprint density at radius 2 is 1.76 bits per heavy atom. The van der Waals surface area contributed by atoms with Crippen LogP contribution in [0, 0.1) is 0 Å². The Kier molecular flexibility index (Phi) is 7.71. The number of urea groups is 1. The molecule has 0 bridgehead atoms. The van der Waals surface area contributed by atoms with Crippen LogP contribution in [0.4, 0.5) is 22.1 Å². The van der Waals surface area contributed by atoms with E-state index in [1.165, 1.54) is 4.90 Å². The summed E-state index contributed by atoms with van der Waals surface area (Å²) in [7, 11) is 0. The van der Waals surface area contributed by atoms with Gasteiger partial charge in [0.2, 0.25) is 5.91 Å². The van der Waals surface area contributed by atoms with E-state index in [9.17, 15) is 9.59 Å². The van der Waals surface area contributed by atoms with E-state index in [4.69, 9.17) is 27.3 Å². The zero-order valence-electron chi connectivity index (χ0n) is 25.0. The molecular weight excluding hydrogens is 596 g/mol. The number of aromatic amines is 1. The molecule has 0 saturated carbocycles. The highest BCUT2D eigenvalue weighted by molar-refractivity contribution is 6.36. The maximum atomic E-state index is 12.1. The zero-order chi connectivity index (χ0) is 31.1. The summed E-state index contributed by atoms with van der Waals surface area (Å²) in [4.78, 5) is 41.3. The van der Waals surface area contributed by atoms with Crippen LogP contribution in [0.1, 0.15) is 31.9 Å². The molecule has 0 unspecified atom stereocenters. The number of piperazine rings is 1. The van der Waals surface area contributed by atoms with Crippen molar-refractivity contribution in [3.63, 3.8) is 0 Å². The second-order valence-electron chi connectivity index (χ2n) is 12.2. The Hall–Kier alpha value is -4.40. The van der Waals surface area contributed by atoms with E-state index in [2.05, 4.69) is 47.3 Å². The van der Waals surface area contributed by atoms with E-state index in [-0.39, 0.29) is 17.9 Å². The number of H-pyrrole nitrogens is 1. The Labute approximate surface area is 264 Å². The number of rotatable bonds is 6. The molecule has 3 fully saturated rings. The van der Waals surface area contributed by atoms with Gasteiger partial charge in [0.05, 0.1) is 22.6 Å². The number of hydrogen-bond acceptors (Lipinski definition) is 11. The Morgan fingerprint density at radius 1 is 0.956 bits per heavy atom. The van der Waals surface area contributed by atoms with E-state index in [1.54, 1.807) is 6.07 Å². The number of anilines is 3. The van der Waals surface area contributed by atoms with Crippen LogP contribution in [0.25, 0.3) is 22.4 Å². The molecule has 45 heavy (non-hydrogen) atoms. The number of nitrogens with two attached hydrogens (primary N) is 1. The normalized spacial score (nSPS) is 19.3. The predicted octanol–water partition coefficient (Wildman–Crippen LogP) is 2.55. The fourth-order valence-corrected chi connectivity index (χ4v) is 6.40. The molecule has 234 valence electrons. The molecule has 3 amide bonds. The second-order valence-corrected chi connectivity index (χ2v) is 12.6. The fraction of sp³-hybridized carbons (Fsp3) is 0.433. The smallest absolute Gasteiger partial charge is 0.329 e. The van der Waals surface area contributed by atoms with Crippen LogP contribution >= 0.6 is 11.6 Å². The summed E-state index contributed by atoms with van der Waals surface area (Å²) in [5.41, 5.74) is 10.7. The Morgan fingerprint density at radius 3 is 2.49 bits per heavy atom. The van der Waals surface area contributed by atoms with Gasteiger partial charge in [0.15, 0.2) is 11.5 Å². The van der Waals surface area contributed by atoms with E-state index in [0.717, 1.165) is 74.9 Å². The molecule has 6 heterocycles. The van der Waals surface area contributed by atoms with Crippen LogP contribution in [0.2, 0.25) is 5.02 Å². The quantitative estimate of drug-likeness (QED) is 0.287. The maximum absolute atomic E-state index is 12.1. The van der Waals surface area contributed by atoms with Crippen molar-refractivity contribution in [3.05, 3.63) is 47.2 Å². The molecule has 0 aliphatic carbocycles. The molecule has 0 atom stereocenters. The summed E-state index contributed by atoms with van der Waals surface area (Å²) in [5.74, 6) is 0.973. The summed E-state index contributed by atoms with van der Waals surface area (Å²) in [6, 6.07) is 9.18. The molecule has 3 saturated heterocycles. The van der Waals surface area contributed by atoms with E-state index in [1.807, 2.05) is 30.5 Å². The van der Waals surface area contributed by atoms with Crippen LogP contribution in [-0.2, 0) is 11.3 Å². The van der Waals surface area contributed by atoms with E-state index in [0.29, 0.717) is 40.8 Å². The Bertz CT molecular complexity index is 1720.